The number of amides is 1. The number of carbonyl (C=O) groups is 5. The van der Waals surface area contributed by atoms with Crippen LogP contribution < -0.4 is 5.32 Å². The van der Waals surface area contributed by atoms with Gasteiger partial charge in [-0.15, -0.1) is 0 Å². The van der Waals surface area contributed by atoms with E-state index < -0.39 is 47.4 Å². The first kappa shape index (κ1) is 37.1. The molecular weight excluding hydrogens is 526 g/mol. The number of carboxylic acid groups (broad SMARTS) is 1. The molecule has 3 unspecified atom stereocenters. The number of carbonyl (C=O) groups excluding carboxylic acids is 4. The van der Waals surface area contributed by atoms with Gasteiger partial charge in [-0.3, -0.25) is 19.2 Å². The normalized spacial score (nSPS) is 15.2. The molecule has 0 aliphatic carbocycles. The van der Waals surface area contributed by atoms with E-state index in [0.29, 0.717) is 6.42 Å². The molecule has 0 aromatic rings. The minimum Gasteiger partial charge on any atom is -0.481 e. The fourth-order valence-corrected chi connectivity index (χ4v) is 4.69. The minimum absolute atomic E-state index is 0.00741. The van der Waals surface area contributed by atoms with Crippen molar-refractivity contribution in [2.24, 2.45) is 28.1 Å². The summed E-state index contributed by atoms with van der Waals surface area (Å²) in [5.41, 5.74) is -2.94. The summed E-state index contributed by atoms with van der Waals surface area (Å²) >= 11 is 0. The summed E-state index contributed by atoms with van der Waals surface area (Å²) in [6.45, 7) is 13.0. The molecule has 1 amide bonds. The molecule has 3 atom stereocenters. The fourth-order valence-electron chi connectivity index (χ4n) is 4.69. The van der Waals surface area contributed by atoms with E-state index in [2.05, 4.69) is 5.32 Å². The van der Waals surface area contributed by atoms with Crippen molar-refractivity contribution in [3.05, 3.63) is 0 Å². The molecule has 0 aliphatic rings. The zero-order chi connectivity index (χ0) is 31.1. The lowest BCUT2D eigenvalue weighted by molar-refractivity contribution is -0.168. The van der Waals surface area contributed by atoms with Crippen LogP contribution in [0.2, 0.25) is 0 Å². The Kier molecular flexibility index (Phi) is 15.8. The average Bonchev–Trinajstić information content (AvgIpc) is 2.84. The molecule has 12 nitrogen and oxygen atoms in total. The van der Waals surface area contributed by atoms with Crippen LogP contribution in [0.25, 0.3) is 0 Å². The summed E-state index contributed by atoms with van der Waals surface area (Å²) in [5, 5.41) is 21.2. The molecular formula is C28H49NO11. The number of aliphatic hydroxyl groups is 1. The number of hydrogen-bond acceptors (Lipinski definition) is 10. The van der Waals surface area contributed by atoms with Crippen molar-refractivity contribution in [2.45, 2.75) is 81.1 Å². The van der Waals surface area contributed by atoms with Gasteiger partial charge in [0.1, 0.15) is 26.4 Å². The van der Waals surface area contributed by atoms with E-state index in [9.17, 15) is 29.1 Å². The second-order valence-electron chi connectivity index (χ2n) is 12.1. The highest BCUT2D eigenvalue weighted by Crippen LogP contribution is 2.46. The number of hydrogen-bond donors (Lipinski definition) is 3. The smallest absolute Gasteiger partial charge is 0.407 e. The lowest BCUT2D eigenvalue weighted by Crippen LogP contribution is -2.44. The molecule has 0 heterocycles. The summed E-state index contributed by atoms with van der Waals surface area (Å²) in [4.78, 5) is 61.6. The Balaban J connectivity index is 5.42. The van der Waals surface area contributed by atoms with Gasteiger partial charge in [-0.2, -0.15) is 0 Å². The third-order valence-electron chi connectivity index (χ3n) is 6.19. The zero-order valence-corrected chi connectivity index (χ0v) is 25.3. The molecule has 40 heavy (non-hydrogen) atoms. The molecule has 0 rings (SSSR count). The van der Waals surface area contributed by atoms with Crippen LogP contribution in [-0.4, -0.2) is 79.8 Å². The fraction of sp³-hybridized carbons (Fsp3) is 0.821. The van der Waals surface area contributed by atoms with E-state index in [4.69, 9.17) is 24.1 Å². The van der Waals surface area contributed by atoms with E-state index in [-0.39, 0.29) is 69.5 Å². The molecule has 3 N–H and O–H groups in total. The lowest BCUT2D eigenvalue weighted by Gasteiger charge is -2.40. The van der Waals surface area contributed by atoms with Crippen LogP contribution in [0.5, 0.6) is 0 Å². The number of aliphatic carboxylic acids is 1. The minimum atomic E-state index is -1.36. The first-order chi connectivity index (χ1) is 18.4. The van der Waals surface area contributed by atoms with Gasteiger partial charge in [0, 0.05) is 0 Å². The van der Waals surface area contributed by atoms with Crippen LogP contribution in [0, 0.1) is 28.1 Å². The van der Waals surface area contributed by atoms with Crippen molar-refractivity contribution in [2.75, 3.05) is 39.6 Å². The number of alkyl carbamates (subject to hydrolysis) is 1. The van der Waals surface area contributed by atoms with Crippen molar-refractivity contribution < 1.29 is 53.1 Å². The van der Waals surface area contributed by atoms with Crippen molar-refractivity contribution in [1.29, 1.82) is 0 Å². The van der Waals surface area contributed by atoms with Gasteiger partial charge in [0.15, 0.2) is 0 Å². The SMILES string of the molecule is CCC(CC(C)(CC(C)(CC(C)(C)C)C(=O)OCCOC(=O)NCCOC(=O)C(C)C)C(=O)OCCO)C(=O)O. The van der Waals surface area contributed by atoms with Gasteiger partial charge in [-0.25, -0.2) is 4.79 Å². The Labute approximate surface area is 237 Å². The van der Waals surface area contributed by atoms with Crippen LogP contribution in [0.1, 0.15) is 81.1 Å². The third kappa shape index (κ3) is 14.0. The molecule has 0 spiro atoms. The van der Waals surface area contributed by atoms with Gasteiger partial charge in [-0.1, -0.05) is 41.5 Å². The molecule has 12 heteroatoms. The first-order valence-corrected chi connectivity index (χ1v) is 13.7. The van der Waals surface area contributed by atoms with Crippen LogP contribution in [-0.2, 0) is 38.1 Å². The summed E-state index contributed by atoms with van der Waals surface area (Å²) < 4.78 is 20.6. The van der Waals surface area contributed by atoms with Gasteiger partial charge in [-0.05, 0) is 44.9 Å². The number of esters is 3. The topological polar surface area (TPSA) is 175 Å². The highest BCUT2D eigenvalue weighted by atomic mass is 16.6. The Hall–Kier alpha value is -2.89. The van der Waals surface area contributed by atoms with Gasteiger partial charge in [0.25, 0.3) is 0 Å². The van der Waals surface area contributed by atoms with Crippen molar-refractivity contribution in [3.8, 4) is 0 Å². The molecule has 0 fully saturated rings. The van der Waals surface area contributed by atoms with E-state index in [1.54, 1.807) is 34.6 Å². The maximum absolute atomic E-state index is 13.4. The standard InChI is InChI=1S/C28H49NO11/c1-9-20(21(31)32)16-27(7,23(34)38-13-11-30)18-28(8,17-26(4,5)6)24(35)39-14-15-40-25(36)29-10-12-37-22(33)19(2)3/h19-20,30H,9-18H2,1-8H3,(H,29,36)(H,31,32). The molecule has 0 aromatic carbocycles. The van der Waals surface area contributed by atoms with Crippen molar-refractivity contribution in [3.63, 3.8) is 0 Å². The Morgan fingerprint density at radius 2 is 1.32 bits per heavy atom. The zero-order valence-electron chi connectivity index (χ0n) is 25.3. The number of aliphatic hydroxyl groups excluding tert-OH is 1. The van der Waals surface area contributed by atoms with Crippen molar-refractivity contribution >= 4 is 30.0 Å². The lowest BCUT2D eigenvalue weighted by atomic mass is 9.64. The Morgan fingerprint density at radius 3 is 1.82 bits per heavy atom. The van der Waals surface area contributed by atoms with Gasteiger partial charge in [0.2, 0.25) is 0 Å². The van der Waals surface area contributed by atoms with E-state index in [1.165, 1.54) is 0 Å². The molecule has 0 radical (unpaired) electrons. The monoisotopic (exact) mass is 575 g/mol. The van der Waals surface area contributed by atoms with Crippen LogP contribution in [0.4, 0.5) is 4.79 Å². The largest absolute Gasteiger partial charge is 0.481 e. The first-order valence-electron chi connectivity index (χ1n) is 13.7. The van der Waals surface area contributed by atoms with E-state index in [0.717, 1.165) is 0 Å². The number of nitrogens with one attached hydrogen (secondary N) is 1. The van der Waals surface area contributed by atoms with Gasteiger partial charge in [0.05, 0.1) is 35.8 Å². The predicted molar refractivity (Wildman–Crippen MR) is 145 cm³/mol. The predicted octanol–water partition coefficient (Wildman–Crippen LogP) is 3.33. The maximum Gasteiger partial charge on any atom is 0.407 e. The van der Waals surface area contributed by atoms with Gasteiger partial charge >= 0.3 is 30.0 Å². The molecule has 0 aliphatic heterocycles. The number of rotatable bonds is 18. The summed E-state index contributed by atoms with van der Waals surface area (Å²) in [6.07, 6.45) is -0.306. The molecule has 0 bridgehead atoms. The van der Waals surface area contributed by atoms with E-state index in [1.807, 2.05) is 20.8 Å². The molecule has 0 saturated carbocycles. The quantitative estimate of drug-likeness (QED) is 0.124. The molecule has 0 saturated heterocycles. The summed E-state index contributed by atoms with van der Waals surface area (Å²) in [5.74, 6) is -3.89. The molecule has 232 valence electrons. The van der Waals surface area contributed by atoms with E-state index >= 15 is 0 Å². The van der Waals surface area contributed by atoms with Gasteiger partial charge < -0.3 is 34.5 Å². The highest BCUT2D eigenvalue weighted by molar-refractivity contribution is 5.81. The Bertz CT molecular complexity index is 852. The maximum atomic E-state index is 13.4. The molecule has 0 aromatic heterocycles. The van der Waals surface area contributed by atoms with Crippen LogP contribution in [0.15, 0.2) is 0 Å². The third-order valence-corrected chi connectivity index (χ3v) is 6.19. The highest BCUT2D eigenvalue weighted by Gasteiger charge is 2.49. The second-order valence-corrected chi connectivity index (χ2v) is 12.1. The second kappa shape index (κ2) is 17.0. The number of ether oxygens (including phenoxy) is 4. The van der Waals surface area contributed by atoms with Crippen LogP contribution in [0.3, 0.4) is 0 Å². The average molecular weight is 576 g/mol. The Morgan fingerprint density at radius 1 is 0.775 bits per heavy atom. The van der Waals surface area contributed by atoms with Crippen molar-refractivity contribution in [1.82, 2.24) is 5.32 Å². The van der Waals surface area contributed by atoms with Crippen LogP contribution >= 0.6 is 0 Å². The number of carboxylic acids is 1. The summed E-state index contributed by atoms with van der Waals surface area (Å²) in [7, 11) is 0. The summed E-state index contributed by atoms with van der Waals surface area (Å²) in [6, 6.07) is 0.